The Morgan fingerprint density at radius 2 is 2.14 bits per heavy atom. The van der Waals surface area contributed by atoms with E-state index in [1.807, 2.05) is 0 Å². The maximum atomic E-state index is 12.3. The van der Waals surface area contributed by atoms with Crippen molar-refractivity contribution in [3.05, 3.63) is 32.7 Å². The van der Waals surface area contributed by atoms with Crippen molar-refractivity contribution < 1.29 is 13.2 Å². The smallest absolute Gasteiger partial charge is 0.253 e. The van der Waals surface area contributed by atoms with Crippen molar-refractivity contribution in [3.63, 3.8) is 0 Å². The van der Waals surface area contributed by atoms with E-state index in [-0.39, 0.29) is 4.47 Å². The lowest BCUT2D eigenvalue weighted by Crippen LogP contribution is -2.05. The van der Waals surface area contributed by atoms with Crippen molar-refractivity contribution in [2.24, 2.45) is 5.11 Å². The maximum Gasteiger partial charge on any atom is 0.418 e. The number of hydrogen-bond acceptors (Lipinski definition) is 2. The predicted octanol–water partition coefficient (Wildman–Crippen LogP) is 3.80. The third-order valence-corrected chi connectivity index (χ3v) is 1.71. The third kappa shape index (κ3) is 2.36. The number of aromatic nitrogens is 1. The molecule has 0 N–H and O–H groups in total. The molecule has 0 aliphatic carbocycles. The van der Waals surface area contributed by atoms with Crippen molar-refractivity contribution in [3.8, 4) is 0 Å². The lowest BCUT2D eigenvalue weighted by atomic mass is 10.2. The van der Waals surface area contributed by atoms with Crippen LogP contribution in [0.1, 0.15) is 5.56 Å². The SMILES string of the molecule is [N-]=[N+]=Nc1ncc(Br)cc1C(F)(F)F. The summed E-state index contributed by atoms with van der Waals surface area (Å²) >= 11 is 2.84. The highest BCUT2D eigenvalue weighted by molar-refractivity contribution is 9.10. The van der Waals surface area contributed by atoms with Crippen LogP contribution >= 0.6 is 15.9 Å². The Morgan fingerprint density at radius 3 is 2.64 bits per heavy atom. The Bertz CT molecular complexity index is 397. The second-order valence-electron chi connectivity index (χ2n) is 2.21. The Labute approximate surface area is 84.5 Å². The minimum Gasteiger partial charge on any atom is -0.253 e. The molecule has 1 rings (SSSR count). The molecule has 0 saturated heterocycles. The van der Waals surface area contributed by atoms with E-state index >= 15 is 0 Å². The van der Waals surface area contributed by atoms with Gasteiger partial charge in [-0.25, -0.2) is 0 Å². The van der Waals surface area contributed by atoms with E-state index in [0.29, 0.717) is 0 Å². The topological polar surface area (TPSA) is 61.7 Å². The minimum atomic E-state index is -4.58. The van der Waals surface area contributed by atoms with Gasteiger partial charge in [-0.1, -0.05) is 0 Å². The maximum absolute atomic E-state index is 12.3. The summed E-state index contributed by atoms with van der Waals surface area (Å²) in [6.07, 6.45) is -3.46. The van der Waals surface area contributed by atoms with E-state index in [9.17, 15) is 13.2 Å². The van der Waals surface area contributed by atoms with Crippen LogP contribution in [0.4, 0.5) is 19.0 Å². The zero-order chi connectivity index (χ0) is 10.8. The quantitative estimate of drug-likeness (QED) is 0.433. The molecule has 0 aliphatic rings. The van der Waals surface area contributed by atoms with Crippen molar-refractivity contribution in [2.75, 3.05) is 0 Å². The van der Waals surface area contributed by atoms with E-state index in [1.165, 1.54) is 0 Å². The summed E-state index contributed by atoms with van der Waals surface area (Å²) < 4.78 is 37.1. The van der Waals surface area contributed by atoms with Crippen LogP contribution in [0.3, 0.4) is 0 Å². The molecule has 0 fully saturated rings. The van der Waals surface area contributed by atoms with Crippen molar-refractivity contribution in [1.29, 1.82) is 0 Å². The fourth-order valence-corrected chi connectivity index (χ4v) is 1.09. The highest BCUT2D eigenvalue weighted by atomic mass is 79.9. The van der Waals surface area contributed by atoms with Crippen LogP contribution in [0.5, 0.6) is 0 Å². The molecule has 1 heterocycles. The molecule has 1 aromatic heterocycles. The minimum absolute atomic E-state index is 0.168. The molecule has 0 atom stereocenters. The molecule has 8 heteroatoms. The van der Waals surface area contributed by atoms with Crippen LogP contribution in [0.15, 0.2) is 21.9 Å². The largest absolute Gasteiger partial charge is 0.418 e. The molecule has 0 unspecified atom stereocenters. The molecule has 0 aliphatic heterocycles. The number of pyridine rings is 1. The second-order valence-corrected chi connectivity index (χ2v) is 3.13. The zero-order valence-electron chi connectivity index (χ0n) is 6.46. The van der Waals surface area contributed by atoms with E-state index in [2.05, 4.69) is 30.9 Å². The average Bonchev–Trinajstić information content (AvgIpc) is 2.07. The number of nitrogens with zero attached hydrogens (tertiary/aromatic N) is 4. The first-order chi connectivity index (χ1) is 6.45. The van der Waals surface area contributed by atoms with Gasteiger partial charge in [-0.05, 0) is 32.6 Å². The summed E-state index contributed by atoms with van der Waals surface area (Å²) in [4.78, 5) is 5.60. The molecule has 0 saturated carbocycles. The van der Waals surface area contributed by atoms with E-state index in [1.54, 1.807) is 0 Å². The lowest BCUT2D eigenvalue weighted by Gasteiger charge is -2.08. The summed E-state index contributed by atoms with van der Waals surface area (Å²) in [5.74, 6) is -0.678. The fourth-order valence-electron chi connectivity index (χ4n) is 0.763. The first-order valence-corrected chi connectivity index (χ1v) is 4.02. The molecule has 4 nitrogen and oxygen atoms in total. The molecular weight excluding hydrogens is 265 g/mol. The van der Waals surface area contributed by atoms with Gasteiger partial charge in [0.2, 0.25) is 0 Å². The number of azide groups is 1. The zero-order valence-corrected chi connectivity index (χ0v) is 8.04. The van der Waals surface area contributed by atoms with Crippen LogP contribution in [0, 0.1) is 0 Å². The van der Waals surface area contributed by atoms with Crippen LogP contribution in [0.25, 0.3) is 10.4 Å². The number of halogens is 4. The lowest BCUT2D eigenvalue weighted by molar-refractivity contribution is -0.137. The molecule has 0 amide bonds. The normalized spacial score (nSPS) is 10.9. The first-order valence-electron chi connectivity index (χ1n) is 3.23. The van der Waals surface area contributed by atoms with Crippen molar-refractivity contribution in [1.82, 2.24) is 4.98 Å². The van der Waals surface area contributed by atoms with Crippen LogP contribution in [-0.4, -0.2) is 4.98 Å². The predicted molar refractivity (Wildman–Crippen MR) is 45.7 cm³/mol. The molecule has 0 bridgehead atoms. The van der Waals surface area contributed by atoms with Gasteiger partial charge in [0.15, 0.2) is 0 Å². The molecule has 0 aromatic carbocycles. The Hall–Kier alpha value is -1.27. The Balaban J connectivity index is 3.37. The van der Waals surface area contributed by atoms with Gasteiger partial charge >= 0.3 is 6.18 Å². The first kappa shape index (κ1) is 10.8. The van der Waals surface area contributed by atoms with Gasteiger partial charge in [0.05, 0.1) is 5.56 Å². The summed E-state index contributed by atoms with van der Waals surface area (Å²) in [6.45, 7) is 0. The van der Waals surface area contributed by atoms with Crippen LogP contribution in [0.2, 0.25) is 0 Å². The summed E-state index contributed by atoms with van der Waals surface area (Å²) in [5.41, 5.74) is 6.95. The van der Waals surface area contributed by atoms with Crippen LogP contribution in [-0.2, 0) is 6.18 Å². The molecule has 0 radical (unpaired) electrons. The highest BCUT2D eigenvalue weighted by Crippen LogP contribution is 2.36. The third-order valence-electron chi connectivity index (χ3n) is 1.28. The van der Waals surface area contributed by atoms with Gasteiger partial charge in [0.1, 0.15) is 5.82 Å². The Morgan fingerprint density at radius 1 is 1.50 bits per heavy atom. The monoisotopic (exact) mass is 266 g/mol. The molecule has 1 aromatic rings. The summed E-state index contributed by atoms with van der Waals surface area (Å²) in [6, 6.07) is 0.803. The van der Waals surface area contributed by atoms with Crippen molar-refractivity contribution in [2.45, 2.75) is 6.18 Å². The van der Waals surface area contributed by atoms with Gasteiger partial charge < -0.3 is 0 Å². The average molecular weight is 267 g/mol. The summed E-state index contributed by atoms with van der Waals surface area (Å²) in [5, 5.41) is 2.84. The number of rotatable bonds is 1. The molecule has 0 spiro atoms. The molecule has 14 heavy (non-hydrogen) atoms. The number of alkyl halides is 3. The standard InChI is InChI=1S/C6H2BrF3N4/c7-3-1-4(6(8,9)10)5(12-2-3)13-14-11/h1-2H. The summed E-state index contributed by atoms with van der Waals surface area (Å²) in [7, 11) is 0. The van der Waals surface area contributed by atoms with Crippen molar-refractivity contribution >= 4 is 21.7 Å². The van der Waals surface area contributed by atoms with Gasteiger partial charge in [0.25, 0.3) is 0 Å². The molecular formula is C6H2BrF3N4. The van der Waals surface area contributed by atoms with E-state index < -0.39 is 17.6 Å². The Kier molecular flexibility index (Phi) is 2.97. The van der Waals surface area contributed by atoms with Gasteiger partial charge in [-0.2, -0.15) is 13.2 Å². The van der Waals surface area contributed by atoms with Gasteiger partial charge in [-0.3, -0.25) is 4.98 Å². The van der Waals surface area contributed by atoms with E-state index in [4.69, 9.17) is 5.53 Å². The molecule has 74 valence electrons. The fraction of sp³-hybridized carbons (Fsp3) is 0.167. The van der Waals surface area contributed by atoms with Gasteiger partial charge in [-0.15, -0.1) is 0 Å². The second kappa shape index (κ2) is 3.85. The van der Waals surface area contributed by atoms with Gasteiger partial charge in [0, 0.05) is 15.6 Å². The van der Waals surface area contributed by atoms with E-state index in [0.717, 1.165) is 12.3 Å². The number of hydrogen-bond donors (Lipinski definition) is 0. The van der Waals surface area contributed by atoms with Crippen LogP contribution < -0.4 is 0 Å². The highest BCUT2D eigenvalue weighted by Gasteiger charge is 2.34.